The van der Waals surface area contributed by atoms with Gasteiger partial charge in [0.25, 0.3) is 0 Å². The molecule has 7 heteroatoms. The van der Waals surface area contributed by atoms with Crippen molar-refractivity contribution >= 4 is 22.0 Å². The van der Waals surface area contributed by atoms with Gasteiger partial charge in [-0.05, 0) is 49.4 Å². The average molecular weight is 468 g/mol. The summed E-state index contributed by atoms with van der Waals surface area (Å²) in [4.78, 5) is 15.3. The van der Waals surface area contributed by atoms with Crippen LogP contribution in [0.25, 0.3) is 6.08 Å². The smallest absolute Gasteiger partial charge is 0.236 e. The van der Waals surface area contributed by atoms with Gasteiger partial charge in [0, 0.05) is 43.5 Å². The molecule has 2 heterocycles. The topological polar surface area (TPSA) is 69.7 Å². The Morgan fingerprint density at radius 2 is 1.61 bits per heavy atom. The standard InChI is InChI=1S/C26H33N3O3S/c30-26(27-25-12-7-16-28(21-25)20-23-10-5-2-6-11-23)24-13-17-29(18-14-24)33(31,32)19-15-22-8-3-1-4-9-22/h1-6,8-11,15,19,24-25H,7,12-14,16-18,20-21H2,(H,27,30)/b19-15+. The maximum atomic E-state index is 12.9. The molecule has 6 nitrogen and oxygen atoms in total. The zero-order chi connectivity index (χ0) is 23.1. The zero-order valence-electron chi connectivity index (χ0n) is 19.0. The summed E-state index contributed by atoms with van der Waals surface area (Å²) in [5.74, 6) is -0.0579. The van der Waals surface area contributed by atoms with Gasteiger partial charge in [-0.3, -0.25) is 9.69 Å². The van der Waals surface area contributed by atoms with Crippen LogP contribution < -0.4 is 5.32 Å². The van der Waals surface area contributed by atoms with Crippen LogP contribution >= 0.6 is 0 Å². The van der Waals surface area contributed by atoms with E-state index < -0.39 is 10.0 Å². The highest BCUT2D eigenvalue weighted by atomic mass is 32.2. The fourth-order valence-corrected chi connectivity index (χ4v) is 5.89. The van der Waals surface area contributed by atoms with E-state index in [2.05, 4.69) is 34.5 Å². The Hall–Kier alpha value is -2.48. The molecule has 1 unspecified atom stereocenters. The summed E-state index contributed by atoms with van der Waals surface area (Å²) in [6.07, 6.45) is 4.81. The van der Waals surface area contributed by atoms with Gasteiger partial charge in [-0.1, -0.05) is 60.7 Å². The lowest BCUT2D eigenvalue weighted by Gasteiger charge is -2.35. The second-order valence-electron chi connectivity index (χ2n) is 9.00. The van der Waals surface area contributed by atoms with Crippen LogP contribution in [0.4, 0.5) is 0 Å². The third-order valence-corrected chi connectivity index (χ3v) is 8.08. The first-order valence-electron chi connectivity index (χ1n) is 11.8. The third-order valence-electron chi connectivity index (χ3n) is 6.52. The second-order valence-corrected chi connectivity index (χ2v) is 10.8. The van der Waals surface area contributed by atoms with Crippen molar-refractivity contribution in [2.45, 2.75) is 38.3 Å². The molecule has 2 aliphatic rings. The van der Waals surface area contributed by atoms with Gasteiger partial charge in [-0.25, -0.2) is 8.42 Å². The first-order valence-corrected chi connectivity index (χ1v) is 13.3. The summed E-state index contributed by atoms with van der Waals surface area (Å²) in [5.41, 5.74) is 2.14. The SMILES string of the molecule is O=C(NC1CCCN(Cc2ccccc2)C1)C1CCN(S(=O)(=O)/C=C/c2ccccc2)CC1. The predicted octanol–water partition coefficient (Wildman–Crippen LogP) is 3.48. The monoisotopic (exact) mass is 467 g/mol. The Morgan fingerprint density at radius 3 is 2.30 bits per heavy atom. The number of nitrogens with one attached hydrogen (secondary N) is 1. The molecule has 0 saturated carbocycles. The van der Waals surface area contributed by atoms with E-state index in [1.165, 1.54) is 15.3 Å². The van der Waals surface area contributed by atoms with Crippen LogP contribution in [0, 0.1) is 5.92 Å². The lowest BCUT2D eigenvalue weighted by atomic mass is 9.96. The summed E-state index contributed by atoms with van der Waals surface area (Å²) in [7, 11) is -3.48. The Balaban J connectivity index is 1.25. The van der Waals surface area contributed by atoms with E-state index in [1.807, 2.05) is 36.4 Å². The molecule has 0 aromatic heterocycles. The van der Waals surface area contributed by atoms with Gasteiger partial charge in [0.2, 0.25) is 15.9 Å². The molecule has 0 spiro atoms. The number of hydrogen-bond donors (Lipinski definition) is 1. The molecule has 33 heavy (non-hydrogen) atoms. The van der Waals surface area contributed by atoms with Gasteiger partial charge in [0.1, 0.15) is 0 Å². The maximum absolute atomic E-state index is 12.9. The quantitative estimate of drug-likeness (QED) is 0.677. The minimum Gasteiger partial charge on any atom is -0.352 e. The summed E-state index contributed by atoms with van der Waals surface area (Å²) in [6, 6.07) is 20.0. The van der Waals surface area contributed by atoms with Crippen LogP contribution in [0.3, 0.4) is 0 Å². The molecule has 2 saturated heterocycles. The van der Waals surface area contributed by atoms with Crippen molar-refractivity contribution in [2.75, 3.05) is 26.2 Å². The van der Waals surface area contributed by atoms with Crippen LogP contribution in [-0.4, -0.2) is 55.8 Å². The molecule has 176 valence electrons. The van der Waals surface area contributed by atoms with Gasteiger partial charge >= 0.3 is 0 Å². The first kappa shape index (κ1) is 23.7. The third kappa shape index (κ3) is 6.76. The average Bonchev–Trinajstić information content (AvgIpc) is 2.84. The number of sulfonamides is 1. The highest BCUT2D eigenvalue weighted by Gasteiger charge is 2.31. The number of benzene rings is 2. The van der Waals surface area contributed by atoms with E-state index in [0.29, 0.717) is 25.9 Å². The number of carbonyl (C=O) groups excluding carboxylic acids is 1. The van der Waals surface area contributed by atoms with E-state index in [9.17, 15) is 13.2 Å². The van der Waals surface area contributed by atoms with Crippen LogP contribution in [0.5, 0.6) is 0 Å². The Labute approximate surface area is 197 Å². The lowest BCUT2D eigenvalue weighted by molar-refractivity contribution is -0.127. The van der Waals surface area contributed by atoms with Gasteiger partial charge in [-0.2, -0.15) is 4.31 Å². The van der Waals surface area contributed by atoms with Crippen molar-refractivity contribution in [2.24, 2.45) is 5.92 Å². The molecule has 2 aliphatic heterocycles. The molecule has 4 rings (SSSR count). The van der Waals surface area contributed by atoms with Crippen molar-refractivity contribution in [1.29, 1.82) is 0 Å². The van der Waals surface area contributed by atoms with E-state index in [-0.39, 0.29) is 17.9 Å². The maximum Gasteiger partial charge on any atom is 0.236 e. The van der Waals surface area contributed by atoms with Crippen molar-refractivity contribution < 1.29 is 13.2 Å². The molecular formula is C26H33N3O3S. The number of amides is 1. The van der Waals surface area contributed by atoms with Crippen LogP contribution in [0.1, 0.15) is 36.8 Å². The minimum absolute atomic E-state index is 0.0680. The van der Waals surface area contributed by atoms with Crippen molar-refractivity contribution in [3.05, 3.63) is 77.2 Å². The number of rotatable bonds is 7. The fourth-order valence-electron chi connectivity index (χ4n) is 4.66. The fraction of sp³-hybridized carbons (Fsp3) is 0.423. The van der Waals surface area contributed by atoms with Crippen molar-refractivity contribution in [3.63, 3.8) is 0 Å². The molecule has 0 aliphatic carbocycles. The predicted molar refractivity (Wildman–Crippen MR) is 132 cm³/mol. The number of piperidine rings is 2. The van der Waals surface area contributed by atoms with Crippen molar-refractivity contribution in [1.82, 2.24) is 14.5 Å². The van der Waals surface area contributed by atoms with E-state index in [4.69, 9.17) is 0 Å². The van der Waals surface area contributed by atoms with Crippen LogP contribution in [0.2, 0.25) is 0 Å². The summed E-state index contributed by atoms with van der Waals surface area (Å²) in [5, 5.41) is 4.51. The molecule has 1 N–H and O–H groups in total. The van der Waals surface area contributed by atoms with Crippen LogP contribution in [0.15, 0.2) is 66.1 Å². The molecule has 0 bridgehead atoms. The van der Waals surface area contributed by atoms with Gasteiger partial charge in [-0.15, -0.1) is 0 Å². The highest BCUT2D eigenvalue weighted by molar-refractivity contribution is 7.92. The first-order chi connectivity index (χ1) is 16.0. The summed E-state index contributed by atoms with van der Waals surface area (Å²) in [6.45, 7) is 3.57. The molecule has 2 fully saturated rings. The largest absolute Gasteiger partial charge is 0.352 e. The molecule has 1 atom stereocenters. The second kappa shape index (κ2) is 11.1. The van der Waals surface area contributed by atoms with E-state index >= 15 is 0 Å². The summed E-state index contributed by atoms with van der Waals surface area (Å²) >= 11 is 0. The number of nitrogens with zero attached hydrogens (tertiary/aromatic N) is 2. The Bertz CT molecular complexity index is 1030. The lowest BCUT2D eigenvalue weighted by Crippen LogP contribution is -2.50. The Morgan fingerprint density at radius 1 is 0.939 bits per heavy atom. The molecule has 0 radical (unpaired) electrons. The minimum atomic E-state index is -3.48. The van der Waals surface area contributed by atoms with E-state index in [1.54, 1.807) is 6.08 Å². The number of carbonyl (C=O) groups is 1. The zero-order valence-corrected chi connectivity index (χ0v) is 19.8. The van der Waals surface area contributed by atoms with Crippen LogP contribution in [-0.2, 0) is 21.4 Å². The highest BCUT2D eigenvalue weighted by Crippen LogP contribution is 2.22. The Kier molecular flexibility index (Phi) is 7.96. The van der Waals surface area contributed by atoms with Crippen molar-refractivity contribution in [3.8, 4) is 0 Å². The number of hydrogen-bond acceptors (Lipinski definition) is 4. The molecule has 2 aromatic rings. The number of likely N-dealkylation sites (tertiary alicyclic amines) is 1. The normalized spacial score (nSPS) is 21.3. The van der Waals surface area contributed by atoms with Gasteiger partial charge < -0.3 is 5.32 Å². The molecule has 1 amide bonds. The summed E-state index contributed by atoms with van der Waals surface area (Å²) < 4.78 is 26.8. The van der Waals surface area contributed by atoms with Gasteiger partial charge in [0.05, 0.1) is 0 Å². The van der Waals surface area contributed by atoms with E-state index in [0.717, 1.165) is 38.0 Å². The molecular weight excluding hydrogens is 434 g/mol. The molecule has 2 aromatic carbocycles. The van der Waals surface area contributed by atoms with Gasteiger partial charge in [0.15, 0.2) is 0 Å².